The number of aryl methyl sites for hydroxylation is 1. The van der Waals surface area contributed by atoms with Gasteiger partial charge in [0.2, 0.25) is 5.91 Å². The minimum absolute atomic E-state index is 0.0130. The van der Waals surface area contributed by atoms with Gasteiger partial charge in [-0.05, 0) is 46.7 Å². The lowest BCUT2D eigenvalue weighted by Gasteiger charge is -2.31. The molecule has 1 fully saturated rings. The lowest BCUT2D eigenvalue weighted by atomic mass is 10.1. The van der Waals surface area contributed by atoms with Crippen LogP contribution in [0.5, 0.6) is 0 Å². The van der Waals surface area contributed by atoms with E-state index in [1.165, 1.54) is 25.0 Å². The summed E-state index contributed by atoms with van der Waals surface area (Å²) in [7, 11) is 0. The zero-order chi connectivity index (χ0) is 14.5. The summed E-state index contributed by atoms with van der Waals surface area (Å²) in [6.45, 7) is 9.61. The molecule has 1 atom stereocenters. The fourth-order valence-electron chi connectivity index (χ4n) is 2.69. The first-order chi connectivity index (χ1) is 9.59. The van der Waals surface area contributed by atoms with Crippen LogP contribution in [0.25, 0.3) is 0 Å². The predicted octanol–water partition coefficient (Wildman–Crippen LogP) is 1.49. The Morgan fingerprint density at radius 2 is 2.05 bits per heavy atom. The summed E-state index contributed by atoms with van der Waals surface area (Å²) in [5, 5.41) is 3.04. The predicted molar refractivity (Wildman–Crippen MR) is 79.6 cm³/mol. The maximum absolute atomic E-state index is 12.1. The first kappa shape index (κ1) is 15.0. The van der Waals surface area contributed by atoms with Gasteiger partial charge in [-0.2, -0.15) is 0 Å². The molecule has 0 bridgehead atoms. The zero-order valence-corrected chi connectivity index (χ0v) is 12.9. The molecule has 1 N–H and O–H groups in total. The maximum atomic E-state index is 12.1. The SMILES string of the molecule is Cc1ncn(CCNC(=O)[C@@H](C)N2CCCCC2)c1C. The third-order valence-corrected chi connectivity index (χ3v) is 4.31. The van der Waals surface area contributed by atoms with Gasteiger partial charge in [0, 0.05) is 18.8 Å². The number of imidazole rings is 1. The van der Waals surface area contributed by atoms with Crippen molar-refractivity contribution in [3.8, 4) is 0 Å². The lowest BCUT2D eigenvalue weighted by molar-refractivity contribution is -0.126. The molecule has 1 aromatic rings. The van der Waals surface area contributed by atoms with Crippen LogP contribution in [0.1, 0.15) is 37.6 Å². The van der Waals surface area contributed by atoms with Crippen LogP contribution in [0.4, 0.5) is 0 Å². The van der Waals surface area contributed by atoms with Crippen molar-refractivity contribution in [1.82, 2.24) is 19.8 Å². The second kappa shape index (κ2) is 6.88. The number of hydrogen-bond acceptors (Lipinski definition) is 3. The zero-order valence-electron chi connectivity index (χ0n) is 12.9. The average Bonchev–Trinajstić information content (AvgIpc) is 2.79. The number of amides is 1. The largest absolute Gasteiger partial charge is 0.353 e. The average molecular weight is 278 g/mol. The second-order valence-corrected chi connectivity index (χ2v) is 5.67. The van der Waals surface area contributed by atoms with Crippen molar-refractivity contribution in [3.05, 3.63) is 17.7 Å². The molecule has 20 heavy (non-hydrogen) atoms. The molecule has 1 amide bonds. The van der Waals surface area contributed by atoms with Gasteiger partial charge in [0.25, 0.3) is 0 Å². The molecule has 112 valence electrons. The van der Waals surface area contributed by atoms with Crippen molar-refractivity contribution < 1.29 is 4.79 Å². The number of hydrogen-bond donors (Lipinski definition) is 1. The Bertz CT molecular complexity index is 449. The fraction of sp³-hybridized carbons (Fsp3) is 0.733. The third kappa shape index (κ3) is 3.60. The summed E-state index contributed by atoms with van der Waals surface area (Å²) in [5.74, 6) is 0.140. The molecule has 1 saturated heterocycles. The van der Waals surface area contributed by atoms with Crippen LogP contribution in [0, 0.1) is 13.8 Å². The van der Waals surface area contributed by atoms with Crippen LogP contribution in [-0.4, -0.2) is 46.0 Å². The molecule has 0 radical (unpaired) electrons. The van der Waals surface area contributed by atoms with E-state index in [4.69, 9.17) is 0 Å². The summed E-state index contributed by atoms with van der Waals surface area (Å²) in [6, 6.07) is -0.0130. The normalized spacial score (nSPS) is 17.9. The van der Waals surface area contributed by atoms with Crippen molar-refractivity contribution in [1.29, 1.82) is 0 Å². The van der Waals surface area contributed by atoms with Gasteiger partial charge in [0.05, 0.1) is 18.1 Å². The smallest absolute Gasteiger partial charge is 0.237 e. The van der Waals surface area contributed by atoms with E-state index in [1.54, 1.807) is 0 Å². The quantitative estimate of drug-likeness (QED) is 0.888. The van der Waals surface area contributed by atoms with Crippen molar-refractivity contribution in [2.75, 3.05) is 19.6 Å². The molecule has 0 unspecified atom stereocenters. The van der Waals surface area contributed by atoms with E-state index in [2.05, 4.69) is 26.7 Å². The number of nitrogens with one attached hydrogen (secondary N) is 1. The number of piperidine rings is 1. The van der Waals surface area contributed by atoms with Crippen molar-refractivity contribution in [2.45, 2.75) is 52.6 Å². The molecule has 5 nitrogen and oxygen atoms in total. The van der Waals surface area contributed by atoms with E-state index in [-0.39, 0.29) is 11.9 Å². The number of likely N-dealkylation sites (tertiary alicyclic amines) is 1. The molecule has 0 spiro atoms. The van der Waals surface area contributed by atoms with Crippen LogP contribution in [0.15, 0.2) is 6.33 Å². The summed E-state index contributed by atoms with van der Waals surface area (Å²) in [5.41, 5.74) is 2.22. The van der Waals surface area contributed by atoms with Gasteiger partial charge >= 0.3 is 0 Å². The standard InChI is InChI=1S/C15H26N4O/c1-12-13(2)19(11-17-12)10-7-16-15(20)14(3)18-8-5-4-6-9-18/h11,14H,4-10H2,1-3H3,(H,16,20)/t14-/m1/s1. The van der Waals surface area contributed by atoms with Gasteiger partial charge in [0.15, 0.2) is 0 Å². The molecule has 2 heterocycles. The molecule has 1 aliphatic heterocycles. The Hall–Kier alpha value is -1.36. The van der Waals surface area contributed by atoms with E-state index >= 15 is 0 Å². The van der Waals surface area contributed by atoms with Gasteiger partial charge < -0.3 is 9.88 Å². The van der Waals surface area contributed by atoms with Crippen LogP contribution >= 0.6 is 0 Å². The molecule has 5 heteroatoms. The van der Waals surface area contributed by atoms with E-state index in [0.717, 1.165) is 25.3 Å². The summed E-state index contributed by atoms with van der Waals surface area (Å²) < 4.78 is 2.08. The molecule has 2 rings (SSSR count). The van der Waals surface area contributed by atoms with E-state index in [9.17, 15) is 4.79 Å². The molecule has 1 aliphatic rings. The first-order valence-electron chi connectivity index (χ1n) is 7.59. The Morgan fingerprint density at radius 1 is 1.35 bits per heavy atom. The van der Waals surface area contributed by atoms with Gasteiger partial charge in [-0.25, -0.2) is 4.98 Å². The molecular weight excluding hydrogens is 252 g/mol. The van der Waals surface area contributed by atoms with Crippen LogP contribution in [-0.2, 0) is 11.3 Å². The Labute approximate surface area is 121 Å². The minimum atomic E-state index is -0.0130. The first-order valence-corrected chi connectivity index (χ1v) is 7.59. The molecule has 0 saturated carbocycles. The van der Waals surface area contributed by atoms with Crippen LogP contribution < -0.4 is 5.32 Å². The summed E-state index contributed by atoms with van der Waals surface area (Å²) >= 11 is 0. The summed E-state index contributed by atoms with van der Waals surface area (Å²) in [6.07, 6.45) is 5.56. The highest BCUT2D eigenvalue weighted by molar-refractivity contribution is 5.81. The number of nitrogens with zero attached hydrogens (tertiary/aromatic N) is 3. The van der Waals surface area contributed by atoms with Crippen molar-refractivity contribution >= 4 is 5.91 Å². The Morgan fingerprint density at radius 3 is 2.65 bits per heavy atom. The number of carbonyl (C=O) groups is 1. The van der Waals surface area contributed by atoms with Crippen molar-refractivity contribution in [2.24, 2.45) is 0 Å². The third-order valence-electron chi connectivity index (χ3n) is 4.31. The topological polar surface area (TPSA) is 50.2 Å². The van der Waals surface area contributed by atoms with Crippen molar-refractivity contribution in [3.63, 3.8) is 0 Å². The molecular formula is C15H26N4O. The molecule has 0 aliphatic carbocycles. The summed E-state index contributed by atoms with van der Waals surface area (Å²) in [4.78, 5) is 18.7. The van der Waals surface area contributed by atoms with Crippen LogP contribution in [0.3, 0.4) is 0 Å². The van der Waals surface area contributed by atoms with Gasteiger partial charge in [-0.3, -0.25) is 9.69 Å². The molecule has 1 aromatic heterocycles. The van der Waals surface area contributed by atoms with Gasteiger partial charge in [-0.1, -0.05) is 6.42 Å². The second-order valence-electron chi connectivity index (χ2n) is 5.67. The number of rotatable bonds is 5. The Kier molecular flexibility index (Phi) is 5.17. The molecule has 0 aromatic carbocycles. The highest BCUT2D eigenvalue weighted by atomic mass is 16.2. The highest BCUT2D eigenvalue weighted by Crippen LogP contribution is 2.12. The van der Waals surface area contributed by atoms with E-state index in [1.807, 2.05) is 20.2 Å². The monoisotopic (exact) mass is 278 g/mol. The van der Waals surface area contributed by atoms with Gasteiger partial charge in [0.1, 0.15) is 0 Å². The van der Waals surface area contributed by atoms with Crippen LogP contribution in [0.2, 0.25) is 0 Å². The maximum Gasteiger partial charge on any atom is 0.237 e. The number of carbonyl (C=O) groups excluding carboxylic acids is 1. The highest BCUT2D eigenvalue weighted by Gasteiger charge is 2.22. The Balaban J connectivity index is 1.75. The fourth-order valence-corrected chi connectivity index (χ4v) is 2.69. The lowest BCUT2D eigenvalue weighted by Crippen LogP contribution is -2.47. The number of aromatic nitrogens is 2. The van der Waals surface area contributed by atoms with Gasteiger partial charge in [-0.15, -0.1) is 0 Å². The van der Waals surface area contributed by atoms with E-state index in [0.29, 0.717) is 6.54 Å². The van der Waals surface area contributed by atoms with E-state index < -0.39 is 0 Å². The minimum Gasteiger partial charge on any atom is -0.353 e.